The van der Waals surface area contributed by atoms with Crippen molar-refractivity contribution in [1.82, 2.24) is 20.0 Å². The number of anilines is 1. The van der Waals surface area contributed by atoms with Gasteiger partial charge in [0.1, 0.15) is 17.5 Å². The highest BCUT2D eigenvalue weighted by Gasteiger charge is 2.44. The van der Waals surface area contributed by atoms with E-state index in [1.807, 2.05) is 35.2 Å². The summed E-state index contributed by atoms with van der Waals surface area (Å²) in [5.74, 6) is 0.0714. The molecule has 1 saturated heterocycles. The van der Waals surface area contributed by atoms with Crippen LogP contribution in [0.3, 0.4) is 0 Å². The monoisotopic (exact) mass is 391 g/mol. The number of nitrogens with one attached hydrogen (secondary N) is 1. The van der Waals surface area contributed by atoms with Crippen LogP contribution in [-0.4, -0.2) is 39.0 Å². The molecule has 0 saturated carbocycles. The fourth-order valence-electron chi connectivity index (χ4n) is 4.66. The van der Waals surface area contributed by atoms with E-state index in [4.69, 9.17) is 10.3 Å². The zero-order chi connectivity index (χ0) is 20.0. The number of hydrogen-bond donors (Lipinski definition) is 2. The fraction of sp³-hybridized carbons (Fsp3) is 0.333. The molecule has 1 aliphatic heterocycles. The van der Waals surface area contributed by atoms with E-state index in [1.54, 1.807) is 0 Å². The van der Waals surface area contributed by atoms with Gasteiger partial charge in [-0.2, -0.15) is 0 Å². The van der Waals surface area contributed by atoms with Gasteiger partial charge in [0.05, 0.1) is 5.69 Å². The summed E-state index contributed by atoms with van der Waals surface area (Å²) in [5.41, 5.74) is 8.91. The van der Waals surface area contributed by atoms with Crippen molar-refractivity contribution in [3.05, 3.63) is 63.8 Å². The molecule has 0 bridgehead atoms. The van der Waals surface area contributed by atoms with Crippen molar-refractivity contribution in [2.24, 2.45) is 0 Å². The number of fused-ring (bicyclic) bond motifs is 2. The highest BCUT2D eigenvalue weighted by Crippen LogP contribution is 2.44. The second-order valence-electron chi connectivity index (χ2n) is 7.79. The van der Waals surface area contributed by atoms with E-state index in [0.29, 0.717) is 30.8 Å². The molecule has 5 rings (SSSR count). The first-order valence-corrected chi connectivity index (χ1v) is 9.76. The number of nitrogens with zero attached hydrogens (tertiary/aromatic N) is 3. The number of carbonyl (C=O) groups is 1. The van der Waals surface area contributed by atoms with Crippen LogP contribution in [-0.2, 0) is 11.8 Å². The average Bonchev–Trinajstić information content (AvgIpc) is 3.35. The van der Waals surface area contributed by atoms with E-state index in [1.165, 1.54) is 6.26 Å². The van der Waals surface area contributed by atoms with Crippen LogP contribution in [0.25, 0.3) is 11.3 Å². The SMILES string of the molecule is Nc1nc2c(c(=O)[nH]1)CCC21CCN(C(=O)c2conc2-c2ccccc2)CC1. The summed E-state index contributed by atoms with van der Waals surface area (Å²) in [6, 6.07) is 9.54. The first-order chi connectivity index (χ1) is 14.1. The van der Waals surface area contributed by atoms with Crippen molar-refractivity contribution in [2.45, 2.75) is 31.1 Å². The van der Waals surface area contributed by atoms with Crippen LogP contribution in [0.2, 0.25) is 0 Å². The number of amides is 1. The minimum absolute atomic E-state index is 0.0865. The third kappa shape index (κ3) is 2.83. The van der Waals surface area contributed by atoms with Crippen LogP contribution in [0.15, 0.2) is 45.9 Å². The summed E-state index contributed by atoms with van der Waals surface area (Å²) < 4.78 is 5.12. The number of aromatic amines is 1. The lowest BCUT2D eigenvalue weighted by atomic mass is 9.76. The van der Waals surface area contributed by atoms with Crippen LogP contribution in [0.5, 0.6) is 0 Å². The molecule has 8 nitrogen and oxygen atoms in total. The smallest absolute Gasteiger partial charge is 0.259 e. The Balaban J connectivity index is 1.38. The van der Waals surface area contributed by atoms with E-state index >= 15 is 0 Å². The lowest BCUT2D eigenvalue weighted by Gasteiger charge is -2.39. The lowest BCUT2D eigenvalue weighted by Crippen LogP contribution is -2.45. The molecule has 3 aromatic rings. The third-order valence-electron chi connectivity index (χ3n) is 6.24. The zero-order valence-electron chi connectivity index (χ0n) is 15.9. The van der Waals surface area contributed by atoms with E-state index in [9.17, 15) is 9.59 Å². The van der Waals surface area contributed by atoms with Gasteiger partial charge in [-0.3, -0.25) is 14.6 Å². The second-order valence-corrected chi connectivity index (χ2v) is 7.79. The van der Waals surface area contributed by atoms with E-state index in [2.05, 4.69) is 15.1 Å². The number of nitrogens with two attached hydrogens (primary N) is 1. The lowest BCUT2D eigenvalue weighted by molar-refractivity contribution is 0.0663. The molecular weight excluding hydrogens is 370 g/mol. The topological polar surface area (TPSA) is 118 Å². The van der Waals surface area contributed by atoms with Gasteiger partial charge in [0.2, 0.25) is 5.95 Å². The molecule has 1 fully saturated rings. The van der Waals surface area contributed by atoms with Gasteiger partial charge in [0, 0.05) is 29.6 Å². The maximum Gasteiger partial charge on any atom is 0.259 e. The van der Waals surface area contributed by atoms with Crippen LogP contribution >= 0.6 is 0 Å². The summed E-state index contributed by atoms with van der Waals surface area (Å²) in [5, 5.41) is 4.04. The highest BCUT2D eigenvalue weighted by molar-refractivity contribution is 5.99. The number of aromatic nitrogens is 3. The Hall–Kier alpha value is -3.42. The first kappa shape index (κ1) is 17.7. The normalized spacial score (nSPS) is 17.4. The molecule has 1 aliphatic carbocycles. The highest BCUT2D eigenvalue weighted by atomic mass is 16.5. The van der Waals surface area contributed by atoms with Gasteiger partial charge in [-0.15, -0.1) is 0 Å². The van der Waals surface area contributed by atoms with Crippen LogP contribution in [0, 0.1) is 0 Å². The van der Waals surface area contributed by atoms with Gasteiger partial charge in [0.15, 0.2) is 0 Å². The molecule has 0 atom stereocenters. The molecule has 1 spiro atoms. The van der Waals surface area contributed by atoms with E-state index in [0.717, 1.165) is 36.1 Å². The molecule has 3 heterocycles. The molecule has 148 valence electrons. The average molecular weight is 391 g/mol. The number of hydrogen-bond acceptors (Lipinski definition) is 6. The van der Waals surface area contributed by atoms with Gasteiger partial charge in [-0.1, -0.05) is 35.5 Å². The molecule has 1 aromatic carbocycles. The molecule has 2 aliphatic rings. The molecule has 2 aromatic heterocycles. The Morgan fingerprint density at radius 2 is 1.93 bits per heavy atom. The first-order valence-electron chi connectivity index (χ1n) is 9.76. The Morgan fingerprint density at radius 3 is 2.69 bits per heavy atom. The third-order valence-corrected chi connectivity index (χ3v) is 6.24. The second kappa shape index (κ2) is 6.58. The molecule has 3 N–H and O–H groups in total. The minimum Gasteiger partial charge on any atom is -0.369 e. The molecule has 0 radical (unpaired) electrons. The molecule has 1 amide bonds. The number of nitrogen functional groups attached to an aromatic ring is 1. The number of rotatable bonds is 2. The quantitative estimate of drug-likeness (QED) is 0.691. The van der Waals surface area contributed by atoms with Crippen LogP contribution in [0.1, 0.15) is 40.9 Å². The molecule has 0 unspecified atom stereocenters. The summed E-state index contributed by atoms with van der Waals surface area (Å²) in [6.45, 7) is 1.18. The van der Waals surface area contributed by atoms with E-state index < -0.39 is 0 Å². The maximum absolute atomic E-state index is 13.1. The largest absolute Gasteiger partial charge is 0.369 e. The van der Waals surface area contributed by atoms with Crippen molar-refractivity contribution in [2.75, 3.05) is 18.8 Å². The number of likely N-dealkylation sites (tertiary alicyclic amines) is 1. The summed E-state index contributed by atoms with van der Waals surface area (Å²) >= 11 is 0. The van der Waals surface area contributed by atoms with Crippen LogP contribution < -0.4 is 11.3 Å². The standard InChI is InChI=1S/C21H21N5O3/c22-20-23-17-14(18(27)24-20)6-7-21(17)8-10-26(11-9-21)19(28)15-12-29-25-16(15)13-4-2-1-3-5-13/h1-5,12H,6-11H2,(H3,22,23,24,27). The van der Waals surface area contributed by atoms with Gasteiger partial charge < -0.3 is 15.2 Å². The van der Waals surface area contributed by atoms with Gasteiger partial charge >= 0.3 is 0 Å². The van der Waals surface area contributed by atoms with E-state index in [-0.39, 0.29) is 22.8 Å². The number of H-pyrrole nitrogens is 1. The van der Waals surface area contributed by atoms with Gasteiger partial charge in [-0.25, -0.2) is 4.98 Å². The number of piperidine rings is 1. The Bertz CT molecular complexity index is 1130. The Morgan fingerprint density at radius 1 is 1.17 bits per heavy atom. The Kier molecular flexibility index (Phi) is 4.01. The van der Waals surface area contributed by atoms with Gasteiger partial charge in [0.25, 0.3) is 11.5 Å². The van der Waals surface area contributed by atoms with Gasteiger partial charge in [-0.05, 0) is 25.7 Å². The van der Waals surface area contributed by atoms with Crippen molar-refractivity contribution in [3.8, 4) is 11.3 Å². The predicted molar refractivity (Wildman–Crippen MR) is 106 cm³/mol. The van der Waals surface area contributed by atoms with Crippen molar-refractivity contribution in [3.63, 3.8) is 0 Å². The summed E-state index contributed by atoms with van der Waals surface area (Å²) in [7, 11) is 0. The number of benzene rings is 1. The fourth-order valence-corrected chi connectivity index (χ4v) is 4.66. The minimum atomic E-state index is -0.175. The molecule has 8 heteroatoms. The molecule has 29 heavy (non-hydrogen) atoms. The van der Waals surface area contributed by atoms with Crippen molar-refractivity contribution >= 4 is 11.9 Å². The maximum atomic E-state index is 13.1. The zero-order valence-corrected chi connectivity index (χ0v) is 15.9. The summed E-state index contributed by atoms with van der Waals surface area (Å²) in [6.07, 6.45) is 4.50. The van der Waals surface area contributed by atoms with Crippen LogP contribution in [0.4, 0.5) is 5.95 Å². The predicted octanol–water partition coefficient (Wildman–Crippen LogP) is 2.13. The van der Waals surface area contributed by atoms with Crippen molar-refractivity contribution in [1.29, 1.82) is 0 Å². The molecular formula is C21H21N5O3. The number of carbonyl (C=O) groups excluding carboxylic acids is 1. The van der Waals surface area contributed by atoms with Crippen molar-refractivity contribution < 1.29 is 9.32 Å². The Labute approximate surface area is 166 Å². The summed E-state index contributed by atoms with van der Waals surface area (Å²) in [4.78, 5) is 34.2.